The Labute approximate surface area is 132 Å². The molecule has 0 radical (unpaired) electrons. The van der Waals surface area contributed by atoms with Crippen LogP contribution in [-0.4, -0.2) is 28.6 Å². The van der Waals surface area contributed by atoms with Gasteiger partial charge in [-0.25, -0.2) is 4.39 Å². The van der Waals surface area contributed by atoms with E-state index >= 15 is 0 Å². The molecule has 2 fully saturated rings. The lowest BCUT2D eigenvalue weighted by Crippen LogP contribution is -2.41. The SMILES string of the molecule is CC(c1ccc(Br)cc1F)N1CC2CCCC2C1C(=O)O. The first kappa shape index (κ1) is 15.0. The highest BCUT2D eigenvalue weighted by Gasteiger charge is 2.49. The average Bonchev–Trinajstić information content (AvgIpc) is 2.96. The summed E-state index contributed by atoms with van der Waals surface area (Å²) in [6.07, 6.45) is 3.20. The fourth-order valence-electron chi connectivity index (χ4n) is 4.08. The normalized spacial score (nSPS) is 30.3. The van der Waals surface area contributed by atoms with Crippen LogP contribution in [-0.2, 0) is 4.79 Å². The van der Waals surface area contributed by atoms with Crippen molar-refractivity contribution in [3.8, 4) is 0 Å². The van der Waals surface area contributed by atoms with Crippen LogP contribution in [0.2, 0.25) is 0 Å². The third kappa shape index (κ3) is 2.61. The zero-order chi connectivity index (χ0) is 15.1. The predicted molar refractivity (Wildman–Crippen MR) is 81.5 cm³/mol. The van der Waals surface area contributed by atoms with Gasteiger partial charge in [-0.3, -0.25) is 9.69 Å². The summed E-state index contributed by atoms with van der Waals surface area (Å²) in [4.78, 5) is 13.7. The van der Waals surface area contributed by atoms with Crippen molar-refractivity contribution >= 4 is 21.9 Å². The number of likely N-dealkylation sites (tertiary alicyclic amines) is 1. The number of fused-ring (bicyclic) bond motifs is 1. The first-order valence-electron chi connectivity index (χ1n) is 7.42. The molecule has 1 saturated carbocycles. The third-order valence-corrected chi connectivity index (χ3v) is 5.58. The molecule has 0 bridgehead atoms. The van der Waals surface area contributed by atoms with E-state index in [4.69, 9.17) is 0 Å². The van der Waals surface area contributed by atoms with Crippen LogP contribution in [0.15, 0.2) is 22.7 Å². The zero-order valence-corrected chi connectivity index (χ0v) is 13.5. The van der Waals surface area contributed by atoms with Gasteiger partial charge in [-0.1, -0.05) is 28.4 Å². The average molecular weight is 356 g/mol. The summed E-state index contributed by atoms with van der Waals surface area (Å²) >= 11 is 3.26. The number of carboxylic acids is 1. The van der Waals surface area contributed by atoms with Gasteiger partial charge in [0.15, 0.2) is 0 Å². The largest absolute Gasteiger partial charge is 0.480 e. The summed E-state index contributed by atoms with van der Waals surface area (Å²) in [6.45, 7) is 2.67. The number of halogens is 2. The smallest absolute Gasteiger partial charge is 0.321 e. The Hall–Kier alpha value is -0.940. The molecule has 3 nitrogen and oxygen atoms in total. The molecule has 0 aromatic heterocycles. The van der Waals surface area contributed by atoms with Crippen molar-refractivity contribution < 1.29 is 14.3 Å². The van der Waals surface area contributed by atoms with Crippen molar-refractivity contribution in [3.63, 3.8) is 0 Å². The van der Waals surface area contributed by atoms with E-state index in [1.807, 2.05) is 17.9 Å². The second kappa shape index (κ2) is 5.69. The lowest BCUT2D eigenvalue weighted by atomic mass is 9.94. The fraction of sp³-hybridized carbons (Fsp3) is 0.562. The van der Waals surface area contributed by atoms with Gasteiger partial charge in [-0.2, -0.15) is 0 Å². The van der Waals surface area contributed by atoms with Crippen molar-refractivity contribution in [2.45, 2.75) is 38.3 Å². The van der Waals surface area contributed by atoms with Crippen molar-refractivity contribution in [2.75, 3.05) is 6.54 Å². The van der Waals surface area contributed by atoms with Crippen LogP contribution in [0.3, 0.4) is 0 Å². The van der Waals surface area contributed by atoms with Gasteiger partial charge >= 0.3 is 5.97 Å². The van der Waals surface area contributed by atoms with Gasteiger partial charge in [0, 0.05) is 22.6 Å². The first-order valence-corrected chi connectivity index (χ1v) is 8.22. The van der Waals surface area contributed by atoms with Crippen LogP contribution in [0.4, 0.5) is 4.39 Å². The predicted octanol–water partition coefficient (Wildman–Crippen LogP) is 3.83. The molecule has 4 unspecified atom stereocenters. The highest BCUT2D eigenvalue weighted by molar-refractivity contribution is 9.10. The van der Waals surface area contributed by atoms with E-state index in [0.717, 1.165) is 25.8 Å². The van der Waals surface area contributed by atoms with Crippen LogP contribution in [0.1, 0.15) is 37.8 Å². The molecule has 2 aliphatic rings. The van der Waals surface area contributed by atoms with Crippen LogP contribution < -0.4 is 0 Å². The number of carboxylic acid groups (broad SMARTS) is 1. The quantitative estimate of drug-likeness (QED) is 0.895. The third-order valence-electron chi connectivity index (χ3n) is 5.09. The molecule has 21 heavy (non-hydrogen) atoms. The summed E-state index contributed by atoms with van der Waals surface area (Å²) in [6, 6.07) is 4.30. The van der Waals surface area contributed by atoms with Gasteiger partial charge < -0.3 is 5.11 Å². The molecule has 0 amide bonds. The highest BCUT2D eigenvalue weighted by atomic mass is 79.9. The fourth-order valence-corrected chi connectivity index (χ4v) is 4.41. The Kier molecular flexibility index (Phi) is 4.06. The molecule has 5 heteroatoms. The van der Waals surface area contributed by atoms with Gasteiger partial charge in [0.1, 0.15) is 11.9 Å². The molecule has 1 aromatic rings. The maximum absolute atomic E-state index is 14.2. The monoisotopic (exact) mass is 355 g/mol. The molecular weight excluding hydrogens is 337 g/mol. The van der Waals surface area contributed by atoms with E-state index < -0.39 is 12.0 Å². The minimum absolute atomic E-state index is 0.218. The van der Waals surface area contributed by atoms with E-state index in [9.17, 15) is 14.3 Å². The number of hydrogen-bond acceptors (Lipinski definition) is 2. The number of rotatable bonds is 3. The molecule has 114 valence electrons. The van der Waals surface area contributed by atoms with E-state index in [-0.39, 0.29) is 17.8 Å². The van der Waals surface area contributed by atoms with Gasteiger partial charge in [0.25, 0.3) is 0 Å². The Bertz CT molecular complexity index is 565. The maximum Gasteiger partial charge on any atom is 0.321 e. The Morgan fingerprint density at radius 1 is 1.48 bits per heavy atom. The number of nitrogens with zero attached hydrogens (tertiary/aromatic N) is 1. The molecule has 1 heterocycles. The second-order valence-corrected chi connectivity index (χ2v) is 7.09. The van der Waals surface area contributed by atoms with Crippen molar-refractivity contribution in [1.82, 2.24) is 4.90 Å². The molecule has 0 spiro atoms. The standard InChI is InChI=1S/C16H19BrFNO2/c1-9(12-6-5-11(17)7-14(12)18)19-8-10-3-2-4-13(10)15(19)16(20)21/h5-7,9-10,13,15H,2-4,8H2,1H3,(H,20,21). The molecule has 1 aliphatic heterocycles. The minimum Gasteiger partial charge on any atom is -0.480 e. The Morgan fingerprint density at radius 3 is 2.90 bits per heavy atom. The van der Waals surface area contributed by atoms with E-state index in [0.29, 0.717) is 16.0 Å². The van der Waals surface area contributed by atoms with E-state index in [2.05, 4.69) is 15.9 Å². The number of carbonyl (C=O) groups is 1. The van der Waals surface area contributed by atoms with Crippen LogP contribution in [0.25, 0.3) is 0 Å². The Morgan fingerprint density at radius 2 is 2.24 bits per heavy atom. The molecule has 4 atom stereocenters. The Balaban J connectivity index is 1.89. The van der Waals surface area contributed by atoms with E-state index in [1.54, 1.807) is 6.07 Å². The van der Waals surface area contributed by atoms with Crippen molar-refractivity contribution in [1.29, 1.82) is 0 Å². The molecule has 1 saturated heterocycles. The zero-order valence-electron chi connectivity index (χ0n) is 11.9. The summed E-state index contributed by atoms with van der Waals surface area (Å²) in [5.74, 6) is -0.373. The van der Waals surface area contributed by atoms with Crippen LogP contribution in [0, 0.1) is 17.7 Å². The van der Waals surface area contributed by atoms with Crippen LogP contribution >= 0.6 is 15.9 Å². The van der Waals surface area contributed by atoms with E-state index in [1.165, 1.54) is 6.07 Å². The number of aliphatic carboxylic acids is 1. The topological polar surface area (TPSA) is 40.5 Å². The first-order chi connectivity index (χ1) is 9.99. The summed E-state index contributed by atoms with van der Waals surface area (Å²) in [7, 11) is 0. The molecule has 1 N–H and O–H groups in total. The number of hydrogen-bond donors (Lipinski definition) is 1. The molecule has 1 aromatic carbocycles. The maximum atomic E-state index is 14.2. The summed E-state index contributed by atoms with van der Waals surface area (Å²) in [5.41, 5.74) is 0.574. The second-order valence-electron chi connectivity index (χ2n) is 6.18. The molecule has 1 aliphatic carbocycles. The molecule has 3 rings (SSSR count). The number of benzene rings is 1. The van der Waals surface area contributed by atoms with Crippen LogP contribution in [0.5, 0.6) is 0 Å². The van der Waals surface area contributed by atoms with Crippen molar-refractivity contribution in [3.05, 3.63) is 34.1 Å². The summed E-state index contributed by atoms with van der Waals surface area (Å²) in [5, 5.41) is 9.60. The highest BCUT2D eigenvalue weighted by Crippen LogP contribution is 2.45. The van der Waals surface area contributed by atoms with Gasteiger partial charge in [0.05, 0.1) is 0 Å². The molecular formula is C16H19BrFNO2. The van der Waals surface area contributed by atoms with Crippen molar-refractivity contribution in [2.24, 2.45) is 11.8 Å². The summed E-state index contributed by atoms with van der Waals surface area (Å²) < 4.78 is 14.9. The lowest BCUT2D eigenvalue weighted by molar-refractivity contribution is -0.144. The van der Waals surface area contributed by atoms with Gasteiger partial charge in [-0.15, -0.1) is 0 Å². The lowest BCUT2D eigenvalue weighted by Gasteiger charge is -2.30. The minimum atomic E-state index is -0.770. The van der Waals surface area contributed by atoms with Gasteiger partial charge in [0.2, 0.25) is 0 Å². The van der Waals surface area contributed by atoms with Gasteiger partial charge in [-0.05, 0) is 43.7 Å².